The number of aromatic nitrogens is 1. The highest BCUT2D eigenvalue weighted by molar-refractivity contribution is 6.31. The quantitative estimate of drug-likeness (QED) is 0.689. The molecule has 1 amide bonds. The molecule has 0 atom stereocenters. The molecule has 1 aliphatic rings. The maximum Gasteiger partial charge on any atom is 0.280 e. The van der Waals surface area contributed by atoms with E-state index in [4.69, 9.17) is 20.9 Å². The van der Waals surface area contributed by atoms with Gasteiger partial charge in [0, 0.05) is 11.1 Å². The van der Waals surface area contributed by atoms with Gasteiger partial charge in [-0.3, -0.25) is 9.69 Å². The molecule has 0 saturated heterocycles. The van der Waals surface area contributed by atoms with E-state index in [9.17, 15) is 9.18 Å². The van der Waals surface area contributed by atoms with Crippen LogP contribution in [0.15, 0.2) is 53.1 Å². The molecule has 2 aromatic carbocycles. The van der Waals surface area contributed by atoms with Gasteiger partial charge in [-0.15, -0.1) is 0 Å². The molecule has 25 heavy (non-hydrogen) atoms. The van der Waals surface area contributed by atoms with E-state index in [1.807, 2.05) is 0 Å². The molecule has 1 aliphatic heterocycles. The number of carbonyl (C=O) groups excluding carboxylic acids is 1. The number of ether oxygens (including phenoxy) is 1. The van der Waals surface area contributed by atoms with Gasteiger partial charge in [-0.05, 0) is 30.3 Å². The molecule has 0 N–H and O–H groups in total. The molecule has 0 aliphatic carbocycles. The van der Waals surface area contributed by atoms with Gasteiger partial charge in [-0.25, -0.2) is 4.39 Å². The molecule has 5 nitrogen and oxygen atoms in total. The molecule has 2 heterocycles. The highest BCUT2D eigenvalue weighted by Crippen LogP contribution is 2.35. The van der Waals surface area contributed by atoms with E-state index < -0.39 is 5.82 Å². The molecular formula is C18H12ClFN2O3. The summed E-state index contributed by atoms with van der Waals surface area (Å²) in [5.74, 6) is -0.0397. The summed E-state index contributed by atoms with van der Waals surface area (Å²) in [6, 6.07) is 12.6. The molecule has 0 radical (unpaired) electrons. The minimum absolute atomic E-state index is 0.0890. The predicted molar refractivity (Wildman–Crippen MR) is 90.5 cm³/mol. The molecule has 1 aromatic heterocycles. The number of benzene rings is 2. The molecular weight excluding hydrogens is 347 g/mol. The SMILES string of the molecule is O=C(c1cc(-c2ccccc2F)on1)N1CCOc2ccc(Cl)cc21. The lowest BCUT2D eigenvalue weighted by atomic mass is 10.1. The third-order valence-corrected chi connectivity index (χ3v) is 4.13. The van der Waals surface area contributed by atoms with Crippen molar-refractivity contribution in [2.75, 3.05) is 18.1 Å². The van der Waals surface area contributed by atoms with Crippen LogP contribution in [0.1, 0.15) is 10.5 Å². The summed E-state index contributed by atoms with van der Waals surface area (Å²) in [5, 5.41) is 4.29. The van der Waals surface area contributed by atoms with Crippen LogP contribution >= 0.6 is 11.6 Å². The molecule has 126 valence electrons. The van der Waals surface area contributed by atoms with Gasteiger partial charge in [-0.1, -0.05) is 28.9 Å². The summed E-state index contributed by atoms with van der Waals surface area (Å²) in [5.41, 5.74) is 0.907. The number of fused-ring (bicyclic) bond motifs is 1. The largest absolute Gasteiger partial charge is 0.490 e. The fraction of sp³-hybridized carbons (Fsp3) is 0.111. The van der Waals surface area contributed by atoms with Crippen LogP contribution in [0.4, 0.5) is 10.1 Å². The molecule has 0 bridgehead atoms. The topological polar surface area (TPSA) is 55.6 Å². The second-order valence-corrected chi connectivity index (χ2v) is 5.91. The van der Waals surface area contributed by atoms with Crippen molar-refractivity contribution < 1.29 is 18.4 Å². The Morgan fingerprint density at radius 1 is 1.20 bits per heavy atom. The number of amides is 1. The van der Waals surface area contributed by atoms with E-state index in [2.05, 4.69) is 5.16 Å². The summed E-state index contributed by atoms with van der Waals surface area (Å²) in [6.07, 6.45) is 0. The number of rotatable bonds is 2. The zero-order valence-electron chi connectivity index (χ0n) is 12.9. The summed E-state index contributed by atoms with van der Waals surface area (Å²) < 4.78 is 24.6. The van der Waals surface area contributed by atoms with E-state index in [0.29, 0.717) is 29.6 Å². The minimum Gasteiger partial charge on any atom is -0.490 e. The van der Waals surface area contributed by atoms with Crippen molar-refractivity contribution in [1.29, 1.82) is 0 Å². The zero-order chi connectivity index (χ0) is 17.4. The van der Waals surface area contributed by atoms with Gasteiger partial charge in [0.05, 0.1) is 17.8 Å². The van der Waals surface area contributed by atoms with Crippen LogP contribution in [-0.4, -0.2) is 24.2 Å². The Labute approximate surface area is 147 Å². The first-order valence-corrected chi connectivity index (χ1v) is 7.97. The first-order valence-electron chi connectivity index (χ1n) is 7.59. The average molecular weight is 359 g/mol. The summed E-state index contributed by atoms with van der Waals surface area (Å²) in [4.78, 5) is 14.3. The standard InChI is InChI=1S/C18H12ClFN2O3/c19-11-5-6-16-15(9-11)22(7-8-24-16)18(23)14-10-17(25-21-14)12-3-1-2-4-13(12)20/h1-6,9-10H,7-8H2. The van der Waals surface area contributed by atoms with Gasteiger partial charge in [0.25, 0.3) is 5.91 Å². The third kappa shape index (κ3) is 2.85. The van der Waals surface area contributed by atoms with Crippen LogP contribution in [0.5, 0.6) is 5.75 Å². The normalized spacial score (nSPS) is 13.3. The number of anilines is 1. The van der Waals surface area contributed by atoms with Crippen molar-refractivity contribution in [2.45, 2.75) is 0 Å². The van der Waals surface area contributed by atoms with Crippen LogP contribution in [0, 0.1) is 5.82 Å². The van der Waals surface area contributed by atoms with Crippen molar-refractivity contribution >= 4 is 23.2 Å². The van der Waals surface area contributed by atoms with Crippen LogP contribution in [0.2, 0.25) is 5.02 Å². The van der Waals surface area contributed by atoms with Crippen LogP contribution in [-0.2, 0) is 0 Å². The van der Waals surface area contributed by atoms with Gasteiger partial charge in [0.2, 0.25) is 0 Å². The molecule has 0 unspecified atom stereocenters. The monoisotopic (exact) mass is 358 g/mol. The third-order valence-electron chi connectivity index (χ3n) is 3.90. The maximum atomic E-state index is 13.9. The molecule has 0 saturated carbocycles. The van der Waals surface area contributed by atoms with Crippen molar-refractivity contribution in [2.24, 2.45) is 0 Å². The summed E-state index contributed by atoms with van der Waals surface area (Å²) in [6.45, 7) is 0.715. The van der Waals surface area contributed by atoms with Gasteiger partial charge in [0.15, 0.2) is 11.5 Å². The van der Waals surface area contributed by atoms with Gasteiger partial charge in [0.1, 0.15) is 18.2 Å². The molecule has 7 heteroatoms. The van der Waals surface area contributed by atoms with Crippen LogP contribution in [0.3, 0.4) is 0 Å². The molecule has 4 rings (SSSR count). The van der Waals surface area contributed by atoms with Crippen molar-refractivity contribution in [3.63, 3.8) is 0 Å². The molecule has 3 aromatic rings. The van der Waals surface area contributed by atoms with E-state index in [1.54, 1.807) is 36.4 Å². The number of hydrogen-bond donors (Lipinski definition) is 0. The maximum absolute atomic E-state index is 13.9. The lowest BCUT2D eigenvalue weighted by molar-refractivity contribution is 0.0968. The average Bonchev–Trinajstić information content (AvgIpc) is 3.11. The Balaban J connectivity index is 1.67. The first kappa shape index (κ1) is 15.7. The number of carbonyl (C=O) groups is 1. The Bertz CT molecular complexity index is 957. The number of halogens is 2. The van der Waals surface area contributed by atoms with Gasteiger partial charge < -0.3 is 9.26 Å². The summed E-state index contributed by atoms with van der Waals surface area (Å²) >= 11 is 6.02. The Morgan fingerprint density at radius 2 is 2.04 bits per heavy atom. The van der Waals surface area contributed by atoms with E-state index >= 15 is 0 Å². The van der Waals surface area contributed by atoms with E-state index in [0.717, 1.165) is 0 Å². The second kappa shape index (κ2) is 6.22. The second-order valence-electron chi connectivity index (χ2n) is 5.47. The van der Waals surface area contributed by atoms with Gasteiger partial charge >= 0.3 is 0 Å². The zero-order valence-corrected chi connectivity index (χ0v) is 13.7. The summed E-state index contributed by atoms with van der Waals surface area (Å²) in [7, 11) is 0. The molecule has 0 spiro atoms. The first-order chi connectivity index (χ1) is 12.1. The van der Waals surface area contributed by atoms with Crippen LogP contribution in [0.25, 0.3) is 11.3 Å². The number of nitrogens with zero attached hydrogens (tertiary/aromatic N) is 2. The Morgan fingerprint density at radius 3 is 2.88 bits per heavy atom. The van der Waals surface area contributed by atoms with Crippen molar-refractivity contribution in [1.82, 2.24) is 5.16 Å². The number of hydrogen-bond acceptors (Lipinski definition) is 4. The Kier molecular flexibility index (Phi) is 3.89. The predicted octanol–water partition coefficient (Wildman–Crippen LogP) is 4.17. The van der Waals surface area contributed by atoms with Gasteiger partial charge in [-0.2, -0.15) is 0 Å². The van der Waals surface area contributed by atoms with Crippen molar-refractivity contribution in [3.8, 4) is 17.1 Å². The highest BCUT2D eigenvalue weighted by atomic mass is 35.5. The fourth-order valence-corrected chi connectivity index (χ4v) is 2.87. The smallest absolute Gasteiger partial charge is 0.280 e. The lowest BCUT2D eigenvalue weighted by Gasteiger charge is -2.28. The van der Waals surface area contributed by atoms with Crippen LogP contribution < -0.4 is 9.64 Å². The molecule has 0 fully saturated rings. The minimum atomic E-state index is -0.443. The van der Waals surface area contributed by atoms with Crippen molar-refractivity contribution in [3.05, 3.63) is 65.1 Å². The highest BCUT2D eigenvalue weighted by Gasteiger charge is 2.27. The fourth-order valence-electron chi connectivity index (χ4n) is 2.70. The lowest BCUT2D eigenvalue weighted by Crippen LogP contribution is -2.38. The van der Waals surface area contributed by atoms with E-state index in [1.165, 1.54) is 17.0 Å². The van der Waals surface area contributed by atoms with E-state index in [-0.39, 0.29) is 22.9 Å². The Hall–Kier alpha value is -2.86.